The van der Waals surface area contributed by atoms with E-state index in [1.807, 2.05) is 0 Å². The minimum atomic E-state index is -1.02. The summed E-state index contributed by atoms with van der Waals surface area (Å²) in [4.78, 5) is 10.6. The van der Waals surface area contributed by atoms with Crippen molar-refractivity contribution in [2.24, 2.45) is 11.3 Å². The molecule has 0 spiro atoms. The predicted molar refractivity (Wildman–Crippen MR) is 60.5 cm³/mol. The van der Waals surface area contributed by atoms with Gasteiger partial charge < -0.3 is 9.84 Å². The minimum absolute atomic E-state index is 0.154. The van der Waals surface area contributed by atoms with Gasteiger partial charge >= 0.3 is 5.97 Å². The van der Waals surface area contributed by atoms with Crippen LogP contribution in [0.5, 0.6) is 0 Å². The molecule has 0 amide bonds. The monoisotopic (exact) mass is 246 g/mol. The van der Waals surface area contributed by atoms with Gasteiger partial charge in [-0.05, 0) is 37.0 Å². The van der Waals surface area contributed by atoms with Crippen molar-refractivity contribution in [2.45, 2.75) is 32.1 Å². The molecule has 1 unspecified atom stereocenters. The average molecular weight is 246 g/mol. The fourth-order valence-electron chi connectivity index (χ4n) is 1.85. The van der Waals surface area contributed by atoms with Crippen LogP contribution in [0.1, 0.15) is 32.1 Å². The number of rotatable bonds is 8. The maximum atomic E-state index is 11.7. The van der Waals surface area contributed by atoms with Crippen LogP contribution in [0.3, 0.4) is 0 Å². The Bertz CT molecular complexity index is 294. The molecule has 4 nitrogen and oxygen atoms in total. The molecule has 1 N–H and O–H groups in total. The zero-order valence-electron chi connectivity index (χ0n) is 9.31. The van der Waals surface area contributed by atoms with Gasteiger partial charge in [-0.3, -0.25) is 9.00 Å². The van der Waals surface area contributed by atoms with Gasteiger partial charge in [0.2, 0.25) is 0 Å². The van der Waals surface area contributed by atoms with Crippen LogP contribution in [0, 0.1) is 11.3 Å². The van der Waals surface area contributed by atoms with Gasteiger partial charge in [0.1, 0.15) is 5.94 Å². The largest absolute Gasteiger partial charge is 0.481 e. The summed E-state index contributed by atoms with van der Waals surface area (Å²) in [5, 5.41) is 8.73. The first-order chi connectivity index (χ1) is 7.60. The first kappa shape index (κ1) is 12.0. The lowest BCUT2D eigenvalue weighted by molar-refractivity contribution is -0.138. The molecule has 0 aromatic rings. The number of aliphatic carboxylic acids is 1. The SMILES string of the molecule is O=C(O)CC1(CS(=O)COCC2CC2)CC1. The Balaban J connectivity index is 1.63. The molecule has 2 aliphatic rings. The zero-order valence-corrected chi connectivity index (χ0v) is 10.1. The quantitative estimate of drug-likeness (QED) is 0.702. The standard InChI is InChI=1S/C11H18O4S/c12-10(13)5-11(3-4-11)7-16(14)8-15-6-9-1-2-9/h9H,1-8H2,(H,12,13). The van der Waals surface area contributed by atoms with E-state index in [4.69, 9.17) is 9.84 Å². The van der Waals surface area contributed by atoms with Gasteiger partial charge in [-0.1, -0.05) is 0 Å². The second-order valence-electron chi connectivity index (χ2n) is 5.09. The molecule has 0 aromatic heterocycles. The number of carboxylic acids is 1. The summed E-state index contributed by atoms with van der Waals surface area (Å²) in [6.07, 6.45) is 4.41. The van der Waals surface area contributed by atoms with Crippen LogP contribution in [0.15, 0.2) is 0 Å². The van der Waals surface area contributed by atoms with E-state index in [9.17, 15) is 9.00 Å². The number of hydrogen-bond acceptors (Lipinski definition) is 3. The lowest BCUT2D eigenvalue weighted by Crippen LogP contribution is -2.19. The van der Waals surface area contributed by atoms with Crippen molar-refractivity contribution < 1.29 is 18.8 Å². The van der Waals surface area contributed by atoms with Gasteiger partial charge in [-0.25, -0.2) is 0 Å². The maximum Gasteiger partial charge on any atom is 0.303 e. The van der Waals surface area contributed by atoms with Crippen LogP contribution in [0.25, 0.3) is 0 Å². The van der Waals surface area contributed by atoms with E-state index in [-0.39, 0.29) is 17.8 Å². The number of ether oxygens (including phenoxy) is 1. The molecular formula is C11H18O4S. The highest BCUT2D eigenvalue weighted by Crippen LogP contribution is 2.49. The molecule has 2 rings (SSSR count). The molecule has 2 saturated carbocycles. The van der Waals surface area contributed by atoms with Crippen molar-refractivity contribution >= 4 is 16.8 Å². The second-order valence-corrected chi connectivity index (χ2v) is 6.49. The van der Waals surface area contributed by atoms with Crippen molar-refractivity contribution in [3.05, 3.63) is 0 Å². The van der Waals surface area contributed by atoms with Gasteiger partial charge in [-0.15, -0.1) is 0 Å². The van der Waals surface area contributed by atoms with E-state index >= 15 is 0 Å². The average Bonchev–Trinajstić information content (AvgIpc) is 3.02. The predicted octanol–water partition coefficient (Wildman–Crippen LogP) is 1.37. The molecular weight excluding hydrogens is 228 g/mol. The molecule has 0 saturated heterocycles. The second kappa shape index (κ2) is 4.84. The highest BCUT2D eigenvalue weighted by Gasteiger charge is 2.45. The molecule has 0 aromatic carbocycles. The van der Waals surface area contributed by atoms with Gasteiger partial charge in [-0.2, -0.15) is 0 Å². The zero-order chi connectivity index (χ0) is 11.6. The Labute approximate surface area is 97.8 Å². The first-order valence-corrected chi connectivity index (χ1v) is 7.23. The Morgan fingerprint density at radius 2 is 2.12 bits per heavy atom. The summed E-state index contributed by atoms with van der Waals surface area (Å²) in [6, 6.07) is 0. The van der Waals surface area contributed by atoms with Gasteiger partial charge in [0, 0.05) is 16.6 Å². The Morgan fingerprint density at radius 3 is 2.62 bits per heavy atom. The lowest BCUT2D eigenvalue weighted by Gasteiger charge is -2.11. The molecule has 0 radical (unpaired) electrons. The lowest BCUT2D eigenvalue weighted by atomic mass is 10.1. The van der Waals surface area contributed by atoms with Crippen molar-refractivity contribution in [3.8, 4) is 0 Å². The first-order valence-electron chi connectivity index (χ1n) is 5.74. The summed E-state index contributed by atoms with van der Waals surface area (Å²) >= 11 is 0. The molecule has 0 aliphatic heterocycles. The Hall–Kier alpha value is -0.420. The van der Waals surface area contributed by atoms with Crippen molar-refractivity contribution in [1.82, 2.24) is 0 Å². The number of carbonyl (C=O) groups is 1. The molecule has 0 heterocycles. The summed E-state index contributed by atoms with van der Waals surface area (Å²) in [5.41, 5.74) is -0.181. The highest BCUT2D eigenvalue weighted by atomic mass is 32.2. The third-order valence-corrected chi connectivity index (χ3v) is 4.58. The molecule has 2 aliphatic carbocycles. The van der Waals surface area contributed by atoms with E-state index in [0.717, 1.165) is 19.4 Å². The molecule has 2 fully saturated rings. The van der Waals surface area contributed by atoms with Crippen LogP contribution >= 0.6 is 0 Å². The molecule has 92 valence electrons. The Kier molecular flexibility index (Phi) is 3.64. The van der Waals surface area contributed by atoms with E-state index in [1.165, 1.54) is 12.8 Å². The van der Waals surface area contributed by atoms with Crippen molar-refractivity contribution in [1.29, 1.82) is 0 Å². The normalized spacial score (nSPS) is 24.0. The van der Waals surface area contributed by atoms with Crippen LogP contribution in [-0.4, -0.2) is 33.6 Å². The smallest absolute Gasteiger partial charge is 0.303 e. The summed E-state index contributed by atoms with van der Waals surface area (Å²) < 4.78 is 17.0. The summed E-state index contributed by atoms with van der Waals surface area (Å²) in [6.45, 7) is 0.720. The van der Waals surface area contributed by atoms with Crippen molar-refractivity contribution in [2.75, 3.05) is 18.3 Å². The van der Waals surface area contributed by atoms with Crippen LogP contribution < -0.4 is 0 Å². The highest BCUT2D eigenvalue weighted by molar-refractivity contribution is 7.84. The van der Waals surface area contributed by atoms with Crippen LogP contribution in [0.2, 0.25) is 0 Å². The van der Waals surface area contributed by atoms with Gasteiger partial charge in [0.15, 0.2) is 0 Å². The topological polar surface area (TPSA) is 63.6 Å². The number of hydrogen-bond donors (Lipinski definition) is 1. The summed E-state index contributed by atoms with van der Waals surface area (Å²) in [7, 11) is -1.02. The fraction of sp³-hybridized carbons (Fsp3) is 0.909. The fourth-order valence-corrected chi connectivity index (χ4v) is 3.28. The molecule has 16 heavy (non-hydrogen) atoms. The van der Waals surface area contributed by atoms with Crippen LogP contribution in [-0.2, 0) is 20.3 Å². The van der Waals surface area contributed by atoms with Crippen molar-refractivity contribution in [3.63, 3.8) is 0 Å². The van der Waals surface area contributed by atoms with E-state index in [1.54, 1.807) is 0 Å². The maximum absolute atomic E-state index is 11.7. The van der Waals surface area contributed by atoms with E-state index in [2.05, 4.69) is 0 Å². The van der Waals surface area contributed by atoms with E-state index < -0.39 is 16.8 Å². The Morgan fingerprint density at radius 1 is 1.44 bits per heavy atom. The molecule has 0 bridgehead atoms. The third-order valence-electron chi connectivity index (χ3n) is 3.22. The van der Waals surface area contributed by atoms with Gasteiger partial charge in [0.05, 0.1) is 13.0 Å². The minimum Gasteiger partial charge on any atom is -0.481 e. The van der Waals surface area contributed by atoms with Gasteiger partial charge in [0.25, 0.3) is 0 Å². The molecule has 1 atom stereocenters. The van der Waals surface area contributed by atoms with E-state index in [0.29, 0.717) is 11.7 Å². The number of carboxylic acid groups (broad SMARTS) is 1. The summed E-state index contributed by atoms with van der Waals surface area (Å²) in [5.74, 6) is 0.668. The van der Waals surface area contributed by atoms with Crippen LogP contribution in [0.4, 0.5) is 0 Å². The molecule has 5 heteroatoms. The third kappa shape index (κ3) is 3.87.